The number of rotatable bonds is 6. The van der Waals surface area contributed by atoms with Crippen molar-refractivity contribution >= 4 is 57.3 Å². The Morgan fingerprint density at radius 3 is 2.14 bits per heavy atom. The fraction of sp³-hybridized carbons (Fsp3) is 0.0714. The number of carbonyl (C=O) groups is 3. The summed E-state index contributed by atoms with van der Waals surface area (Å²) >= 11 is 0. The second-order valence-electron chi connectivity index (χ2n) is 7.90. The molecule has 4 rings (SSSR count). The van der Waals surface area contributed by atoms with Gasteiger partial charge in [-0.1, -0.05) is 42.3 Å². The van der Waals surface area contributed by atoms with Crippen LogP contribution < -0.4 is 16.4 Å². The number of benzene rings is 3. The molecular formula is C28H23N5O4. The highest BCUT2D eigenvalue weighted by molar-refractivity contribution is 6.15. The molecule has 9 nitrogen and oxygen atoms in total. The van der Waals surface area contributed by atoms with E-state index in [0.29, 0.717) is 11.0 Å². The first-order valence-electron chi connectivity index (χ1n) is 11.2. The minimum Gasteiger partial charge on any atom is -0.478 e. The molecule has 1 aromatic heterocycles. The fourth-order valence-electron chi connectivity index (χ4n) is 3.95. The van der Waals surface area contributed by atoms with Gasteiger partial charge in [0.25, 0.3) is 0 Å². The monoisotopic (exact) mass is 493 g/mol. The molecule has 1 atom stereocenters. The van der Waals surface area contributed by atoms with Crippen LogP contribution >= 0.6 is 0 Å². The number of carboxylic acid groups (broad SMARTS) is 1. The lowest BCUT2D eigenvalue weighted by Gasteiger charge is -2.13. The Hall–Kier alpha value is -5.36. The van der Waals surface area contributed by atoms with E-state index in [0.717, 1.165) is 10.8 Å². The van der Waals surface area contributed by atoms with E-state index in [2.05, 4.69) is 27.5 Å². The van der Waals surface area contributed by atoms with Crippen molar-refractivity contribution in [2.45, 2.75) is 6.92 Å². The van der Waals surface area contributed by atoms with Gasteiger partial charge in [-0.3, -0.25) is 14.4 Å². The van der Waals surface area contributed by atoms with Crippen LogP contribution in [0.15, 0.2) is 84.1 Å². The molecule has 0 aliphatic rings. The van der Waals surface area contributed by atoms with Crippen molar-refractivity contribution in [2.24, 2.45) is 16.6 Å². The maximum Gasteiger partial charge on any atom is 0.335 e. The van der Waals surface area contributed by atoms with Crippen molar-refractivity contribution in [3.8, 4) is 11.8 Å². The number of nitrogens with zero attached hydrogens (tertiary/aromatic N) is 2. The van der Waals surface area contributed by atoms with Gasteiger partial charge in [-0.15, -0.1) is 5.92 Å². The number of hydrogen-bond donors (Lipinski definition) is 4. The average molecular weight is 494 g/mol. The number of para-hydroxylation sites is 2. The minimum absolute atomic E-state index is 0.117. The van der Waals surface area contributed by atoms with Crippen molar-refractivity contribution in [1.29, 1.82) is 0 Å². The van der Waals surface area contributed by atoms with Gasteiger partial charge < -0.3 is 21.5 Å². The third-order valence-electron chi connectivity index (χ3n) is 5.47. The first-order chi connectivity index (χ1) is 17.9. The first-order valence-corrected chi connectivity index (χ1v) is 11.2. The zero-order chi connectivity index (χ0) is 26.4. The molecule has 0 spiro atoms. The zero-order valence-corrected chi connectivity index (χ0v) is 19.8. The predicted molar refractivity (Wildman–Crippen MR) is 145 cm³/mol. The summed E-state index contributed by atoms with van der Waals surface area (Å²) in [5, 5.41) is 16.8. The van der Waals surface area contributed by atoms with Gasteiger partial charge in [-0.25, -0.2) is 9.59 Å². The van der Waals surface area contributed by atoms with Crippen LogP contribution in [0.5, 0.6) is 0 Å². The van der Waals surface area contributed by atoms with Crippen LogP contribution in [0, 0.1) is 17.8 Å². The van der Waals surface area contributed by atoms with Crippen molar-refractivity contribution in [3.63, 3.8) is 0 Å². The lowest BCUT2D eigenvalue weighted by Crippen LogP contribution is -2.23. The second kappa shape index (κ2) is 10.9. The van der Waals surface area contributed by atoms with E-state index in [4.69, 9.17) is 5.73 Å². The van der Waals surface area contributed by atoms with Crippen LogP contribution in [0.4, 0.5) is 16.2 Å². The zero-order valence-electron chi connectivity index (χ0n) is 19.8. The number of carboxylic acids is 1. The van der Waals surface area contributed by atoms with Crippen molar-refractivity contribution < 1.29 is 19.5 Å². The van der Waals surface area contributed by atoms with E-state index in [1.54, 1.807) is 6.92 Å². The highest BCUT2D eigenvalue weighted by Crippen LogP contribution is 2.29. The van der Waals surface area contributed by atoms with E-state index in [1.165, 1.54) is 41.4 Å². The van der Waals surface area contributed by atoms with Gasteiger partial charge in [-0.2, -0.15) is 0 Å². The lowest BCUT2D eigenvalue weighted by atomic mass is 10.1. The number of nitrogens with one attached hydrogen (secondary N) is 2. The van der Waals surface area contributed by atoms with Crippen LogP contribution in [0.25, 0.3) is 21.8 Å². The molecule has 184 valence electrons. The number of hydrogen-bond acceptors (Lipinski definition) is 5. The molecule has 5 N–H and O–H groups in total. The van der Waals surface area contributed by atoms with Crippen molar-refractivity contribution in [2.75, 3.05) is 10.6 Å². The van der Waals surface area contributed by atoms with Gasteiger partial charge in [0.1, 0.15) is 5.92 Å². The highest BCUT2D eigenvalue weighted by atomic mass is 16.4. The second-order valence-corrected chi connectivity index (χ2v) is 7.90. The molecule has 0 saturated heterocycles. The van der Waals surface area contributed by atoms with Gasteiger partial charge in [0.05, 0.1) is 16.6 Å². The Balaban J connectivity index is 1.68. The molecule has 2 amide bonds. The van der Waals surface area contributed by atoms with Gasteiger partial charge in [-0.05, 0) is 37.3 Å². The summed E-state index contributed by atoms with van der Waals surface area (Å²) in [4.78, 5) is 41.9. The molecule has 0 radical (unpaired) electrons. The Bertz CT molecular complexity index is 1590. The summed E-state index contributed by atoms with van der Waals surface area (Å²) in [6, 6.07) is 18.6. The molecule has 0 aliphatic heterocycles. The number of aromatic carboxylic acids is 1. The molecule has 0 fully saturated rings. The van der Waals surface area contributed by atoms with E-state index in [9.17, 15) is 19.5 Å². The minimum atomic E-state index is -1.22. The average Bonchev–Trinajstić information content (AvgIpc) is 3.22. The number of anilines is 2. The summed E-state index contributed by atoms with van der Waals surface area (Å²) in [5.74, 6) is 2.75. The van der Waals surface area contributed by atoms with Gasteiger partial charge in [0.15, 0.2) is 0 Å². The molecule has 0 saturated carbocycles. The van der Waals surface area contributed by atoms with Gasteiger partial charge in [0, 0.05) is 40.8 Å². The molecule has 0 aliphatic carbocycles. The third kappa shape index (κ3) is 5.33. The number of carbonyl (C=O) groups excluding carboxylic acids is 2. The molecular weight excluding hydrogens is 470 g/mol. The Kier molecular flexibility index (Phi) is 7.31. The quantitative estimate of drug-likeness (QED) is 0.229. The Morgan fingerprint density at radius 2 is 1.57 bits per heavy atom. The highest BCUT2D eigenvalue weighted by Gasteiger charge is 2.18. The molecule has 3 aromatic carbocycles. The molecule has 1 unspecified atom stereocenters. The van der Waals surface area contributed by atoms with E-state index >= 15 is 0 Å². The van der Waals surface area contributed by atoms with E-state index < -0.39 is 23.8 Å². The van der Waals surface area contributed by atoms with Crippen LogP contribution in [-0.2, 0) is 4.79 Å². The maximum atomic E-state index is 13.4. The summed E-state index contributed by atoms with van der Waals surface area (Å²) < 4.78 is 1.53. The van der Waals surface area contributed by atoms with Gasteiger partial charge >= 0.3 is 12.0 Å². The van der Waals surface area contributed by atoms with Crippen LogP contribution in [0.3, 0.4) is 0 Å². The molecule has 0 bridgehead atoms. The van der Waals surface area contributed by atoms with Crippen LogP contribution in [-0.4, -0.2) is 33.8 Å². The Labute approximate surface area is 212 Å². The molecule has 4 aromatic rings. The van der Waals surface area contributed by atoms with E-state index in [-0.39, 0.29) is 16.9 Å². The van der Waals surface area contributed by atoms with Crippen molar-refractivity contribution in [1.82, 2.24) is 4.57 Å². The topological polar surface area (TPSA) is 139 Å². The number of nitrogens with two attached hydrogens (primary N) is 1. The van der Waals surface area contributed by atoms with Crippen LogP contribution in [0.2, 0.25) is 0 Å². The lowest BCUT2D eigenvalue weighted by molar-refractivity contribution is -0.116. The number of amides is 2. The smallest absolute Gasteiger partial charge is 0.335 e. The normalized spacial score (nSPS) is 11.9. The Morgan fingerprint density at radius 1 is 0.973 bits per heavy atom. The molecule has 37 heavy (non-hydrogen) atoms. The standard InChI is InChI=1S/C28H23N5O4/c1-2-7-18(17-30-13-12-29)26(34)31-20-14-19(27(35)36)15-21(16-20)32-28(37)33-24-10-5-3-8-22(24)23-9-4-6-11-25(23)33/h3-6,8-18H,29H2,1H3,(H,31,34)(H,32,37)(H,35,36)/b13-12-,30-17?. The predicted octanol–water partition coefficient (Wildman–Crippen LogP) is 4.65. The largest absolute Gasteiger partial charge is 0.478 e. The third-order valence-corrected chi connectivity index (χ3v) is 5.47. The maximum absolute atomic E-state index is 13.4. The summed E-state index contributed by atoms with van der Waals surface area (Å²) in [6.45, 7) is 1.58. The summed E-state index contributed by atoms with van der Waals surface area (Å²) in [7, 11) is 0. The number of aliphatic imine (C=N–C) groups is 1. The molecule has 1 heterocycles. The molecule has 9 heteroatoms. The van der Waals surface area contributed by atoms with Crippen molar-refractivity contribution in [3.05, 3.63) is 84.7 Å². The number of fused-ring (bicyclic) bond motifs is 3. The summed E-state index contributed by atoms with van der Waals surface area (Å²) in [6.07, 6.45) is 3.85. The van der Waals surface area contributed by atoms with Gasteiger partial charge in [0.2, 0.25) is 5.91 Å². The van der Waals surface area contributed by atoms with E-state index in [1.807, 2.05) is 48.5 Å². The SMILES string of the molecule is CC#CC(C=N/C=C\N)C(=O)Nc1cc(NC(=O)n2c3ccccc3c3ccccc32)cc(C(=O)O)c1. The first kappa shape index (κ1) is 24.8. The fourth-order valence-corrected chi connectivity index (χ4v) is 3.95. The summed E-state index contributed by atoms with van der Waals surface area (Å²) in [5.41, 5.74) is 6.92. The van der Waals surface area contributed by atoms with Crippen LogP contribution in [0.1, 0.15) is 17.3 Å². The number of aromatic nitrogens is 1.